The van der Waals surface area contributed by atoms with E-state index in [4.69, 9.17) is 5.11 Å². The van der Waals surface area contributed by atoms with E-state index in [9.17, 15) is 4.79 Å². The van der Waals surface area contributed by atoms with Gasteiger partial charge in [0.15, 0.2) is 0 Å². The van der Waals surface area contributed by atoms with Crippen molar-refractivity contribution in [3.05, 3.63) is 29.5 Å². The number of carboxylic acid groups (broad SMARTS) is 1. The summed E-state index contributed by atoms with van der Waals surface area (Å²) >= 11 is 0. The number of aromatic nitrogens is 2. The Morgan fingerprint density at radius 2 is 2.19 bits per heavy atom. The zero-order valence-corrected chi connectivity index (χ0v) is 9.40. The lowest BCUT2D eigenvalue weighted by atomic mass is 10.1. The zero-order valence-electron chi connectivity index (χ0n) is 9.40. The minimum absolute atomic E-state index is 0.105. The van der Waals surface area contributed by atoms with Crippen LogP contribution < -0.4 is 0 Å². The first kappa shape index (κ1) is 10.7. The van der Waals surface area contributed by atoms with E-state index in [0.717, 1.165) is 16.6 Å². The Hall–Kier alpha value is -1.84. The lowest BCUT2D eigenvalue weighted by molar-refractivity contribution is -0.137. The van der Waals surface area contributed by atoms with E-state index < -0.39 is 5.97 Å². The van der Waals surface area contributed by atoms with Crippen molar-refractivity contribution < 1.29 is 9.90 Å². The average Bonchev–Trinajstić information content (AvgIpc) is 2.54. The van der Waals surface area contributed by atoms with Crippen LogP contribution >= 0.6 is 0 Å². The van der Waals surface area contributed by atoms with Gasteiger partial charge in [0.25, 0.3) is 0 Å². The fraction of sp³-hybridized carbons (Fsp3) is 0.333. The van der Waals surface area contributed by atoms with Gasteiger partial charge in [-0.15, -0.1) is 0 Å². The third-order valence-electron chi connectivity index (χ3n) is 2.77. The molecule has 2 rings (SSSR count). The van der Waals surface area contributed by atoms with E-state index in [1.165, 1.54) is 5.56 Å². The molecule has 16 heavy (non-hydrogen) atoms. The Labute approximate surface area is 93.5 Å². The summed E-state index contributed by atoms with van der Waals surface area (Å²) in [6, 6.07) is 5.96. The molecule has 0 radical (unpaired) electrons. The van der Waals surface area contributed by atoms with Crippen molar-refractivity contribution in [2.75, 3.05) is 0 Å². The average molecular weight is 218 g/mol. The van der Waals surface area contributed by atoms with Gasteiger partial charge >= 0.3 is 5.97 Å². The molecule has 84 valence electrons. The Bertz CT molecular complexity index is 543. The molecular formula is C12H14N2O2. The predicted octanol–water partition coefficient (Wildman–Crippen LogP) is 2.13. The molecule has 0 atom stereocenters. The fourth-order valence-corrected chi connectivity index (χ4v) is 1.96. The van der Waals surface area contributed by atoms with Gasteiger partial charge in [0.05, 0.1) is 18.5 Å². The summed E-state index contributed by atoms with van der Waals surface area (Å²) in [6.45, 7) is 4.44. The number of rotatable bonds is 3. The van der Waals surface area contributed by atoms with Gasteiger partial charge in [-0.3, -0.25) is 9.48 Å². The second-order valence-corrected chi connectivity index (χ2v) is 3.92. The van der Waals surface area contributed by atoms with Gasteiger partial charge < -0.3 is 5.11 Å². The number of carboxylic acids is 1. The Balaban J connectivity index is 2.44. The van der Waals surface area contributed by atoms with Gasteiger partial charge in [-0.2, -0.15) is 5.10 Å². The summed E-state index contributed by atoms with van der Waals surface area (Å²) in [5.41, 5.74) is 3.15. The van der Waals surface area contributed by atoms with Crippen LogP contribution in [0.25, 0.3) is 10.9 Å². The molecule has 0 fully saturated rings. The van der Waals surface area contributed by atoms with Crippen molar-refractivity contribution in [3.8, 4) is 0 Å². The predicted molar refractivity (Wildman–Crippen MR) is 61.5 cm³/mol. The van der Waals surface area contributed by atoms with Gasteiger partial charge in [-0.05, 0) is 25.5 Å². The highest BCUT2D eigenvalue weighted by atomic mass is 16.4. The van der Waals surface area contributed by atoms with Gasteiger partial charge in [-0.1, -0.05) is 12.1 Å². The van der Waals surface area contributed by atoms with Gasteiger partial charge in [0, 0.05) is 11.1 Å². The van der Waals surface area contributed by atoms with Crippen LogP contribution in [0.1, 0.15) is 17.7 Å². The van der Waals surface area contributed by atoms with E-state index in [2.05, 4.69) is 5.10 Å². The Morgan fingerprint density at radius 1 is 1.44 bits per heavy atom. The number of carbonyl (C=O) groups is 1. The largest absolute Gasteiger partial charge is 0.481 e. The van der Waals surface area contributed by atoms with Crippen LogP contribution in [0.15, 0.2) is 18.2 Å². The highest BCUT2D eigenvalue weighted by Gasteiger charge is 2.09. The molecule has 1 aromatic carbocycles. The quantitative estimate of drug-likeness (QED) is 0.858. The van der Waals surface area contributed by atoms with Gasteiger partial charge in [-0.25, -0.2) is 0 Å². The first-order valence-electron chi connectivity index (χ1n) is 5.24. The van der Waals surface area contributed by atoms with Crippen LogP contribution in [0.5, 0.6) is 0 Å². The van der Waals surface area contributed by atoms with E-state index in [0.29, 0.717) is 6.54 Å². The van der Waals surface area contributed by atoms with Crippen LogP contribution in [0.4, 0.5) is 0 Å². The van der Waals surface area contributed by atoms with Crippen LogP contribution in [-0.4, -0.2) is 20.9 Å². The maximum Gasteiger partial charge on any atom is 0.305 e. The summed E-state index contributed by atoms with van der Waals surface area (Å²) in [5, 5.41) is 14.2. The summed E-state index contributed by atoms with van der Waals surface area (Å²) in [6.07, 6.45) is 0.105. The normalized spacial score (nSPS) is 10.9. The molecule has 0 saturated heterocycles. The Morgan fingerprint density at radius 3 is 2.81 bits per heavy atom. The van der Waals surface area contributed by atoms with Crippen LogP contribution in [0, 0.1) is 13.8 Å². The number of hydrogen-bond donors (Lipinski definition) is 1. The lowest BCUT2D eigenvalue weighted by Crippen LogP contribution is -2.07. The maximum absolute atomic E-state index is 10.5. The SMILES string of the molecule is Cc1cccc2nn(CCC(=O)O)c(C)c12. The minimum atomic E-state index is -0.796. The number of nitrogens with zero attached hydrogens (tertiary/aromatic N) is 2. The second-order valence-electron chi connectivity index (χ2n) is 3.92. The van der Waals surface area contributed by atoms with Crippen molar-refractivity contribution in [2.24, 2.45) is 0 Å². The molecule has 0 amide bonds. The number of aryl methyl sites for hydroxylation is 3. The molecule has 4 nitrogen and oxygen atoms in total. The molecule has 1 aromatic heterocycles. The van der Waals surface area contributed by atoms with E-state index in [1.54, 1.807) is 4.68 Å². The number of fused-ring (bicyclic) bond motifs is 1. The molecule has 0 spiro atoms. The molecule has 4 heteroatoms. The third-order valence-corrected chi connectivity index (χ3v) is 2.77. The van der Waals surface area contributed by atoms with Gasteiger partial charge in [0.1, 0.15) is 0 Å². The minimum Gasteiger partial charge on any atom is -0.481 e. The number of aliphatic carboxylic acids is 1. The first-order chi connectivity index (χ1) is 7.59. The maximum atomic E-state index is 10.5. The topological polar surface area (TPSA) is 55.1 Å². The summed E-state index contributed by atoms with van der Waals surface area (Å²) in [7, 11) is 0. The Kier molecular flexibility index (Phi) is 2.64. The monoisotopic (exact) mass is 218 g/mol. The van der Waals surface area contributed by atoms with Crippen molar-refractivity contribution in [1.29, 1.82) is 0 Å². The first-order valence-corrected chi connectivity index (χ1v) is 5.24. The highest BCUT2D eigenvalue weighted by molar-refractivity contribution is 5.84. The van der Waals surface area contributed by atoms with Crippen LogP contribution in [0.2, 0.25) is 0 Å². The number of hydrogen-bond acceptors (Lipinski definition) is 2. The molecule has 0 saturated carbocycles. The standard InChI is InChI=1S/C12H14N2O2/c1-8-4-3-5-10-12(8)9(2)14(13-10)7-6-11(15)16/h3-5H,6-7H2,1-2H3,(H,15,16). The van der Waals surface area contributed by atoms with Crippen molar-refractivity contribution in [2.45, 2.75) is 26.8 Å². The van der Waals surface area contributed by atoms with Crippen LogP contribution in [-0.2, 0) is 11.3 Å². The molecule has 0 aliphatic rings. The highest BCUT2D eigenvalue weighted by Crippen LogP contribution is 2.21. The van der Waals surface area contributed by atoms with Gasteiger partial charge in [0.2, 0.25) is 0 Å². The van der Waals surface area contributed by atoms with E-state index in [1.807, 2.05) is 32.0 Å². The van der Waals surface area contributed by atoms with Crippen molar-refractivity contribution in [3.63, 3.8) is 0 Å². The lowest BCUT2D eigenvalue weighted by Gasteiger charge is -2.01. The molecule has 1 N–H and O–H groups in total. The summed E-state index contributed by atoms with van der Waals surface area (Å²) in [5.74, 6) is -0.796. The molecule has 2 aromatic rings. The van der Waals surface area contributed by atoms with Crippen LogP contribution in [0.3, 0.4) is 0 Å². The van der Waals surface area contributed by atoms with Crippen molar-refractivity contribution >= 4 is 16.9 Å². The van der Waals surface area contributed by atoms with E-state index >= 15 is 0 Å². The fourth-order valence-electron chi connectivity index (χ4n) is 1.96. The molecular weight excluding hydrogens is 204 g/mol. The van der Waals surface area contributed by atoms with E-state index in [-0.39, 0.29) is 6.42 Å². The molecule has 0 bridgehead atoms. The zero-order chi connectivity index (χ0) is 11.7. The molecule has 0 unspecified atom stereocenters. The van der Waals surface area contributed by atoms with Crippen molar-refractivity contribution in [1.82, 2.24) is 9.78 Å². The molecule has 0 aliphatic carbocycles. The summed E-state index contributed by atoms with van der Waals surface area (Å²) in [4.78, 5) is 10.5. The molecule has 0 aliphatic heterocycles. The summed E-state index contributed by atoms with van der Waals surface area (Å²) < 4.78 is 1.77. The third kappa shape index (κ3) is 1.78. The second kappa shape index (κ2) is 3.96. The number of benzene rings is 1. The molecule has 1 heterocycles. The smallest absolute Gasteiger partial charge is 0.305 e.